The fourth-order valence-corrected chi connectivity index (χ4v) is 4.23. The highest BCUT2D eigenvalue weighted by Crippen LogP contribution is 2.28. The molecule has 3 aromatic rings. The highest BCUT2D eigenvalue weighted by Gasteiger charge is 2.23. The average molecular weight is 343 g/mol. The molecule has 7 heteroatoms. The van der Waals surface area contributed by atoms with Crippen LogP contribution in [0.2, 0.25) is 0 Å². The largest absolute Gasteiger partial charge is 0.298 e. The molecule has 0 radical (unpaired) electrons. The van der Waals surface area contributed by atoms with Crippen LogP contribution in [-0.2, 0) is 6.54 Å². The van der Waals surface area contributed by atoms with Crippen molar-refractivity contribution in [2.75, 3.05) is 13.1 Å². The second-order valence-electron chi connectivity index (χ2n) is 6.56. The Kier molecular flexibility index (Phi) is 3.97. The third kappa shape index (κ3) is 2.89. The summed E-state index contributed by atoms with van der Waals surface area (Å²) in [6, 6.07) is 3.61. The molecule has 126 valence electrons. The fraction of sp³-hybridized carbons (Fsp3) is 0.471. The number of rotatable bonds is 3. The van der Waals surface area contributed by atoms with E-state index in [4.69, 9.17) is 4.98 Å². The van der Waals surface area contributed by atoms with E-state index in [0.29, 0.717) is 5.92 Å². The van der Waals surface area contributed by atoms with E-state index < -0.39 is 0 Å². The molecular weight excluding hydrogens is 322 g/mol. The van der Waals surface area contributed by atoms with Crippen molar-refractivity contribution in [1.82, 2.24) is 24.5 Å². The first-order valence-corrected chi connectivity index (χ1v) is 9.19. The van der Waals surface area contributed by atoms with Crippen LogP contribution in [0.1, 0.15) is 40.7 Å². The summed E-state index contributed by atoms with van der Waals surface area (Å²) in [6.45, 7) is 7.07. The number of piperidine rings is 1. The van der Waals surface area contributed by atoms with Gasteiger partial charge in [0.25, 0.3) is 5.56 Å². The lowest BCUT2D eigenvalue weighted by Gasteiger charge is -2.31. The van der Waals surface area contributed by atoms with Gasteiger partial charge in [-0.15, -0.1) is 11.3 Å². The summed E-state index contributed by atoms with van der Waals surface area (Å²) in [4.78, 5) is 25.1. The van der Waals surface area contributed by atoms with Crippen LogP contribution in [0.3, 0.4) is 0 Å². The number of aromatic amines is 1. The number of nitrogens with one attached hydrogen (secondary N) is 1. The molecule has 1 N–H and O–H groups in total. The summed E-state index contributed by atoms with van der Waals surface area (Å²) in [5.41, 5.74) is 5.65. The van der Waals surface area contributed by atoms with Crippen LogP contribution in [0.15, 0.2) is 22.4 Å². The smallest absolute Gasteiger partial charge is 0.272 e. The summed E-state index contributed by atoms with van der Waals surface area (Å²) in [7, 11) is 0. The van der Waals surface area contributed by atoms with Gasteiger partial charge < -0.3 is 0 Å². The second-order valence-corrected chi connectivity index (χ2v) is 7.50. The lowest BCUT2D eigenvalue weighted by molar-refractivity contribution is 0.204. The summed E-state index contributed by atoms with van der Waals surface area (Å²) in [6.07, 6.45) is 2.09. The Morgan fingerprint density at radius 1 is 1.29 bits per heavy atom. The number of hydrogen-bond donors (Lipinski definition) is 1. The molecule has 24 heavy (non-hydrogen) atoms. The van der Waals surface area contributed by atoms with E-state index in [1.54, 1.807) is 17.4 Å². The van der Waals surface area contributed by atoms with Gasteiger partial charge in [-0.3, -0.25) is 14.8 Å². The van der Waals surface area contributed by atoms with Gasteiger partial charge in [0.2, 0.25) is 0 Å². The Bertz CT molecular complexity index is 917. The molecule has 0 bridgehead atoms. The van der Waals surface area contributed by atoms with Crippen LogP contribution in [0.5, 0.6) is 0 Å². The lowest BCUT2D eigenvalue weighted by Crippen LogP contribution is -2.33. The molecule has 0 atom stereocenters. The fourth-order valence-electron chi connectivity index (χ4n) is 3.41. The van der Waals surface area contributed by atoms with Gasteiger partial charge in [0.15, 0.2) is 5.65 Å². The molecule has 0 saturated carbocycles. The Morgan fingerprint density at radius 2 is 2.08 bits per heavy atom. The van der Waals surface area contributed by atoms with Crippen LogP contribution in [0, 0.1) is 13.8 Å². The van der Waals surface area contributed by atoms with E-state index in [1.165, 1.54) is 9.39 Å². The van der Waals surface area contributed by atoms with Crippen molar-refractivity contribution < 1.29 is 0 Å². The van der Waals surface area contributed by atoms with Gasteiger partial charge in [0.1, 0.15) is 0 Å². The zero-order valence-corrected chi connectivity index (χ0v) is 14.8. The van der Waals surface area contributed by atoms with E-state index in [-0.39, 0.29) is 5.56 Å². The molecule has 1 aliphatic heterocycles. The highest BCUT2D eigenvalue weighted by molar-refractivity contribution is 7.09. The maximum Gasteiger partial charge on any atom is 0.272 e. The van der Waals surface area contributed by atoms with Gasteiger partial charge in [-0.2, -0.15) is 0 Å². The first-order valence-electron chi connectivity index (χ1n) is 8.31. The van der Waals surface area contributed by atoms with Crippen molar-refractivity contribution in [1.29, 1.82) is 0 Å². The SMILES string of the molecule is Cc1cc2nc(C3CCN(Cc4scnc4C)CC3)cc(=O)n2[nH]1. The number of fused-ring (bicyclic) bond motifs is 1. The minimum atomic E-state index is -0.0224. The quantitative estimate of drug-likeness (QED) is 0.793. The predicted molar refractivity (Wildman–Crippen MR) is 94.7 cm³/mol. The average Bonchev–Trinajstić information content (AvgIpc) is 3.14. The minimum absolute atomic E-state index is 0.0224. The molecule has 4 rings (SSSR count). The van der Waals surface area contributed by atoms with E-state index in [1.807, 2.05) is 18.5 Å². The number of aromatic nitrogens is 4. The standard InChI is InChI=1S/C17H21N5OS/c1-11-7-16-19-14(8-17(23)22(16)20-11)13-3-5-21(6-4-13)9-15-12(2)18-10-24-15/h7-8,10,13,20H,3-6,9H2,1-2H3. The first-order chi connectivity index (χ1) is 11.6. The topological polar surface area (TPSA) is 66.3 Å². The van der Waals surface area contributed by atoms with Gasteiger partial charge in [-0.05, 0) is 39.8 Å². The Morgan fingerprint density at radius 3 is 2.79 bits per heavy atom. The van der Waals surface area contributed by atoms with Gasteiger partial charge >= 0.3 is 0 Å². The summed E-state index contributed by atoms with van der Waals surface area (Å²) < 4.78 is 1.51. The monoisotopic (exact) mass is 343 g/mol. The van der Waals surface area contributed by atoms with Crippen molar-refractivity contribution in [3.8, 4) is 0 Å². The van der Waals surface area contributed by atoms with Crippen LogP contribution in [-0.4, -0.2) is 37.6 Å². The predicted octanol–water partition coefficient (Wildman–Crippen LogP) is 2.48. The molecule has 0 aromatic carbocycles. The first kappa shape index (κ1) is 15.5. The van der Waals surface area contributed by atoms with Crippen molar-refractivity contribution in [2.45, 2.75) is 39.2 Å². The summed E-state index contributed by atoms with van der Waals surface area (Å²) in [5.74, 6) is 0.372. The van der Waals surface area contributed by atoms with Crippen LogP contribution in [0.25, 0.3) is 5.65 Å². The Hall–Kier alpha value is -1.99. The molecule has 4 heterocycles. The Labute approximate surface area is 144 Å². The molecular formula is C17H21N5OS. The number of hydrogen-bond acceptors (Lipinski definition) is 5. The number of aryl methyl sites for hydroxylation is 2. The molecule has 6 nitrogen and oxygen atoms in total. The summed E-state index contributed by atoms with van der Waals surface area (Å²) >= 11 is 1.73. The van der Waals surface area contributed by atoms with Crippen molar-refractivity contribution in [3.05, 3.63) is 50.0 Å². The lowest BCUT2D eigenvalue weighted by atomic mass is 9.93. The Balaban J connectivity index is 1.47. The van der Waals surface area contributed by atoms with Crippen LogP contribution >= 0.6 is 11.3 Å². The zero-order valence-electron chi connectivity index (χ0n) is 14.0. The van der Waals surface area contributed by atoms with Crippen molar-refractivity contribution >= 4 is 17.0 Å². The molecule has 0 aliphatic carbocycles. The molecule has 1 aliphatic rings. The van der Waals surface area contributed by atoms with E-state index >= 15 is 0 Å². The molecule has 0 spiro atoms. The molecule has 0 amide bonds. The number of H-pyrrole nitrogens is 1. The van der Waals surface area contributed by atoms with Crippen LogP contribution in [0.4, 0.5) is 0 Å². The number of thiazole rings is 1. The molecule has 1 fully saturated rings. The third-order valence-corrected chi connectivity index (χ3v) is 5.74. The van der Waals surface area contributed by atoms with Gasteiger partial charge in [-0.1, -0.05) is 0 Å². The van der Waals surface area contributed by atoms with Gasteiger partial charge in [0.05, 0.1) is 16.9 Å². The van der Waals surface area contributed by atoms with Crippen LogP contribution < -0.4 is 5.56 Å². The van der Waals surface area contributed by atoms with E-state index in [2.05, 4.69) is 21.9 Å². The molecule has 3 aromatic heterocycles. The number of likely N-dealkylation sites (tertiary alicyclic amines) is 1. The molecule has 0 unspecified atom stereocenters. The van der Waals surface area contributed by atoms with Gasteiger partial charge in [-0.25, -0.2) is 14.5 Å². The minimum Gasteiger partial charge on any atom is -0.298 e. The highest BCUT2D eigenvalue weighted by atomic mass is 32.1. The summed E-state index contributed by atoms with van der Waals surface area (Å²) in [5, 5.41) is 3.02. The van der Waals surface area contributed by atoms with Crippen molar-refractivity contribution in [2.24, 2.45) is 0 Å². The maximum absolute atomic E-state index is 12.2. The van der Waals surface area contributed by atoms with Crippen molar-refractivity contribution in [3.63, 3.8) is 0 Å². The number of nitrogens with zero attached hydrogens (tertiary/aromatic N) is 4. The van der Waals surface area contributed by atoms with Gasteiger partial charge in [0, 0.05) is 35.2 Å². The molecule has 1 saturated heterocycles. The normalized spacial score (nSPS) is 16.9. The maximum atomic E-state index is 12.2. The van der Waals surface area contributed by atoms with E-state index in [0.717, 1.165) is 55.2 Å². The van der Waals surface area contributed by atoms with E-state index in [9.17, 15) is 4.79 Å². The zero-order chi connectivity index (χ0) is 16.7. The second kappa shape index (κ2) is 6.14. The third-order valence-electron chi connectivity index (χ3n) is 4.82.